The van der Waals surface area contributed by atoms with E-state index in [1.165, 1.54) is 4.57 Å². The highest BCUT2D eigenvalue weighted by Gasteiger charge is 2.13. The van der Waals surface area contributed by atoms with E-state index in [1.54, 1.807) is 48.5 Å². The predicted octanol–water partition coefficient (Wildman–Crippen LogP) is 1.64. The van der Waals surface area contributed by atoms with E-state index >= 15 is 0 Å². The molecule has 0 saturated carbocycles. The molecular formula is C17H14ClN3O4. The number of hydrogen-bond donors (Lipinski definition) is 2. The van der Waals surface area contributed by atoms with E-state index in [4.69, 9.17) is 16.0 Å². The predicted molar refractivity (Wildman–Crippen MR) is 91.9 cm³/mol. The topological polar surface area (TPSA) is 93.3 Å². The second-order valence-corrected chi connectivity index (χ2v) is 5.76. The summed E-state index contributed by atoms with van der Waals surface area (Å²) >= 11 is 5.78. The molecule has 0 saturated heterocycles. The molecule has 3 rings (SSSR count). The van der Waals surface area contributed by atoms with Gasteiger partial charge in [0.1, 0.15) is 6.54 Å². The fourth-order valence-corrected chi connectivity index (χ4v) is 2.44. The van der Waals surface area contributed by atoms with Crippen LogP contribution < -0.4 is 16.6 Å². The minimum Gasteiger partial charge on any atom is -0.408 e. The lowest BCUT2D eigenvalue weighted by atomic mass is 10.1. The average Bonchev–Trinajstić information content (AvgIpc) is 2.91. The van der Waals surface area contributed by atoms with Crippen LogP contribution in [-0.4, -0.2) is 16.4 Å². The third kappa shape index (κ3) is 4.07. The third-order valence-corrected chi connectivity index (χ3v) is 3.75. The SMILES string of the molecule is O=C(Cc1ccc(Cl)cc1)NNC(=O)Cn1c(=O)oc2ccccc21. The number of carbonyl (C=O) groups excluding carboxylic acids is 2. The highest BCUT2D eigenvalue weighted by molar-refractivity contribution is 6.30. The first-order valence-corrected chi connectivity index (χ1v) is 7.81. The molecule has 0 atom stereocenters. The first kappa shape index (κ1) is 16.8. The summed E-state index contributed by atoms with van der Waals surface area (Å²) in [5.41, 5.74) is 6.25. The number of hydrogen-bond acceptors (Lipinski definition) is 4. The number of benzene rings is 2. The second kappa shape index (κ2) is 7.23. The van der Waals surface area contributed by atoms with Gasteiger partial charge in [0.25, 0.3) is 5.91 Å². The minimum atomic E-state index is -0.635. The Morgan fingerprint density at radius 3 is 2.44 bits per heavy atom. The van der Waals surface area contributed by atoms with E-state index in [9.17, 15) is 14.4 Å². The molecule has 0 aliphatic carbocycles. The highest BCUT2D eigenvalue weighted by atomic mass is 35.5. The summed E-state index contributed by atoms with van der Waals surface area (Å²) in [6.45, 7) is -0.267. The average molecular weight is 360 g/mol. The summed E-state index contributed by atoms with van der Waals surface area (Å²) in [6, 6.07) is 13.6. The summed E-state index contributed by atoms with van der Waals surface area (Å²) in [7, 11) is 0. The molecule has 2 aromatic carbocycles. The molecule has 8 heteroatoms. The van der Waals surface area contributed by atoms with Crippen molar-refractivity contribution in [2.24, 2.45) is 0 Å². The molecular weight excluding hydrogens is 346 g/mol. The first-order chi connectivity index (χ1) is 12.0. The summed E-state index contributed by atoms with van der Waals surface area (Å²) in [6.07, 6.45) is 0.0893. The number of aromatic nitrogens is 1. The molecule has 1 heterocycles. The van der Waals surface area contributed by atoms with Crippen molar-refractivity contribution in [3.8, 4) is 0 Å². The molecule has 0 spiro atoms. The number of amides is 2. The minimum absolute atomic E-state index is 0.0893. The molecule has 25 heavy (non-hydrogen) atoms. The molecule has 0 unspecified atom stereocenters. The van der Waals surface area contributed by atoms with Crippen molar-refractivity contribution in [2.45, 2.75) is 13.0 Å². The van der Waals surface area contributed by atoms with Crippen LogP contribution >= 0.6 is 11.6 Å². The van der Waals surface area contributed by atoms with Crippen LogP contribution in [0.2, 0.25) is 5.02 Å². The molecule has 0 radical (unpaired) electrons. The van der Waals surface area contributed by atoms with Crippen molar-refractivity contribution in [3.05, 3.63) is 69.7 Å². The zero-order valence-electron chi connectivity index (χ0n) is 13.0. The Balaban J connectivity index is 1.57. The van der Waals surface area contributed by atoms with E-state index in [-0.39, 0.29) is 18.9 Å². The first-order valence-electron chi connectivity index (χ1n) is 7.43. The number of nitrogens with zero attached hydrogens (tertiary/aromatic N) is 1. The lowest BCUT2D eigenvalue weighted by Crippen LogP contribution is -2.44. The van der Waals surface area contributed by atoms with Gasteiger partial charge >= 0.3 is 5.76 Å². The van der Waals surface area contributed by atoms with Crippen molar-refractivity contribution >= 4 is 34.5 Å². The lowest BCUT2D eigenvalue weighted by Gasteiger charge is -2.08. The summed E-state index contributed by atoms with van der Waals surface area (Å²) in [5.74, 6) is -1.57. The van der Waals surface area contributed by atoms with Gasteiger partial charge in [-0.3, -0.25) is 25.0 Å². The molecule has 2 N–H and O–H groups in total. The number of fused-ring (bicyclic) bond motifs is 1. The van der Waals surface area contributed by atoms with Gasteiger partial charge in [-0.1, -0.05) is 35.9 Å². The van der Waals surface area contributed by atoms with Crippen LogP contribution in [0, 0.1) is 0 Å². The monoisotopic (exact) mass is 359 g/mol. The van der Waals surface area contributed by atoms with Crippen LogP contribution in [-0.2, 0) is 22.6 Å². The summed E-state index contributed by atoms with van der Waals surface area (Å²) < 4.78 is 6.23. The van der Waals surface area contributed by atoms with Crippen LogP contribution in [0.25, 0.3) is 11.1 Å². The van der Waals surface area contributed by atoms with E-state index in [0.29, 0.717) is 16.1 Å². The fraction of sp³-hybridized carbons (Fsp3) is 0.118. The molecule has 0 bridgehead atoms. The highest BCUT2D eigenvalue weighted by Crippen LogP contribution is 2.11. The molecule has 128 valence electrons. The van der Waals surface area contributed by atoms with Crippen molar-refractivity contribution in [2.75, 3.05) is 0 Å². The molecule has 0 aliphatic heterocycles. The number of nitrogens with one attached hydrogen (secondary N) is 2. The Morgan fingerprint density at radius 2 is 1.68 bits per heavy atom. The third-order valence-electron chi connectivity index (χ3n) is 3.49. The van der Waals surface area contributed by atoms with Gasteiger partial charge < -0.3 is 4.42 Å². The molecule has 7 nitrogen and oxygen atoms in total. The zero-order valence-corrected chi connectivity index (χ0v) is 13.7. The largest absolute Gasteiger partial charge is 0.420 e. The molecule has 0 aliphatic rings. The van der Waals surface area contributed by atoms with Gasteiger partial charge in [-0.15, -0.1) is 0 Å². The van der Waals surface area contributed by atoms with Crippen LogP contribution in [0.1, 0.15) is 5.56 Å². The Bertz CT molecular complexity index is 975. The van der Waals surface area contributed by atoms with Crippen molar-refractivity contribution in [3.63, 3.8) is 0 Å². The van der Waals surface area contributed by atoms with Crippen LogP contribution in [0.3, 0.4) is 0 Å². The number of para-hydroxylation sites is 2. The summed E-state index contributed by atoms with van der Waals surface area (Å²) in [5, 5.41) is 0.579. The maximum Gasteiger partial charge on any atom is 0.420 e. The number of halogens is 1. The Kier molecular flexibility index (Phi) is 4.85. The van der Waals surface area contributed by atoms with E-state index in [1.807, 2.05) is 0 Å². The smallest absolute Gasteiger partial charge is 0.408 e. The quantitative estimate of drug-likeness (QED) is 0.692. The standard InChI is InChI=1S/C17H14ClN3O4/c18-12-7-5-11(6-8-12)9-15(22)19-20-16(23)10-21-13-3-1-2-4-14(13)25-17(21)24/h1-8H,9-10H2,(H,19,22)(H,20,23). The van der Waals surface area contributed by atoms with Crippen molar-refractivity contribution < 1.29 is 14.0 Å². The number of carbonyl (C=O) groups is 2. The second-order valence-electron chi connectivity index (χ2n) is 5.32. The Hall–Kier alpha value is -3.06. The molecule has 2 amide bonds. The maximum atomic E-state index is 12.0. The van der Waals surface area contributed by atoms with Gasteiger partial charge in [0, 0.05) is 5.02 Å². The van der Waals surface area contributed by atoms with Gasteiger partial charge in [0.2, 0.25) is 5.91 Å². The van der Waals surface area contributed by atoms with Gasteiger partial charge in [-0.25, -0.2) is 4.79 Å². The lowest BCUT2D eigenvalue weighted by molar-refractivity contribution is -0.128. The molecule has 1 aromatic heterocycles. The van der Waals surface area contributed by atoms with Gasteiger partial charge in [-0.2, -0.15) is 0 Å². The summed E-state index contributed by atoms with van der Waals surface area (Å²) in [4.78, 5) is 35.6. The molecule has 3 aromatic rings. The van der Waals surface area contributed by atoms with Crippen LogP contribution in [0.4, 0.5) is 0 Å². The van der Waals surface area contributed by atoms with E-state index < -0.39 is 11.7 Å². The van der Waals surface area contributed by atoms with E-state index in [0.717, 1.165) is 5.56 Å². The number of rotatable bonds is 4. The van der Waals surface area contributed by atoms with E-state index in [2.05, 4.69) is 10.9 Å². The Labute approximate surface area is 147 Å². The van der Waals surface area contributed by atoms with Gasteiger partial charge in [0.05, 0.1) is 11.9 Å². The van der Waals surface area contributed by atoms with Crippen molar-refractivity contribution in [1.82, 2.24) is 15.4 Å². The number of oxazole rings is 1. The number of hydrazine groups is 1. The van der Waals surface area contributed by atoms with Gasteiger partial charge in [0.15, 0.2) is 5.58 Å². The normalized spacial score (nSPS) is 10.6. The Morgan fingerprint density at radius 1 is 1.00 bits per heavy atom. The van der Waals surface area contributed by atoms with Gasteiger partial charge in [-0.05, 0) is 29.8 Å². The molecule has 0 fully saturated rings. The van der Waals surface area contributed by atoms with Crippen molar-refractivity contribution in [1.29, 1.82) is 0 Å². The van der Waals surface area contributed by atoms with Crippen LogP contribution in [0.5, 0.6) is 0 Å². The zero-order chi connectivity index (χ0) is 17.8. The fourth-order valence-electron chi connectivity index (χ4n) is 2.32. The van der Waals surface area contributed by atoms with Crippen LogP contribution in [0.15, 0.2) is 57.7 Å². The maximum absolute atomic E-state index is 12.0.